The highest BCUT2D eigenvalue weighted by Gasteiger charge is 2.20. The summed E-state index contributed by atoms with van der Waals surface area (Å²) >= 11 is 0. The third kappa shape index (κ3) is 1.87. The first-order valence-corrected chi connectivity index (χ1v) is 4.38. The van der Waals surface area contributed by atoms with Crippen LogP contribution in [0.1, 0.15) is 36.7 Å². The van der Waals surface area contributed by atoms with Crippen LogP contribution in [0, 0.1) is 0 Å². The number of carbonyl (C=O) groups is 1. The number of carbonyl (C=O) groups excluding carboxylic acids is 1. The molecule has 1 aromatic rings. The zero-order chi connectivity index (χ0) is 10.9. The first-order valence-electron chi connectivity index (χ1n) is 4.38. The molecule has 76 valence electrons. The summed E-state index contributed by atoms with van der Waals surface area (Å²) in [5.41, 5.74) is 0.472. The quantitative estimate of drug-likeness (QED) is 0.532. The summed E-state index contributed by atoms with van der Waals surface area (Å²) in [6, 6.07) is 2.71. The molecule has 0 atom stereocenters. The van der Waals surface area contributed by atoms with Gasteiger partial charge in [0.2, 0.25) is 0 Å². The Kier molecular flexibility index (Phi) is 2.51. The van der Waals surface area contributed by atoms with Crippen LogP contribution >= 0.6 is 0 Å². The smallest absolute Gasteiger partial charge is 0.153 e. The topological polar surface area (TPSA) is 57.5 Å². The van der Waals surface area contributed by atoms with Crippen molar-refractivity contribution in [2.45, 2.75) is 26.2 Å². The lowest BCUT2D eigenvalue weighted by molar-refractivity contribution is 0.112. The van der Waals surface area contributed by atoms with Gasteiger partial charge in [-0.2, -0.15) is 0 Å². The Balaban J connectivity index is 3.36. The standard InChI is InChI=1S/C11H14O3/c1-11(2,3)8-5-9(13)7(6-12)4-10(8)14/h4-6,13-14H,1-3H3. The van der Waals surface area contributed by atoms with Crippen LogP contribution in [0.3, 0.4) is 0 Å². The van der Waals surface area contributed by atoms with Crippen molar-refractivity contribution in [1.82, 2.24) is 0 Å². The van der Waals surface area contributed by atoms with Crippen LogP contribution < -0.4 is 0 Å². The summed E-state index contributed by atoms with van der Waals surface area (Å²) in [7, 11) is 0. The number of aldehydes is 1. The molecule has 0 bridgehead atoms. The molecule has 0 aromatic heterocycles. The number of hydrogen-bond acceptors (Lipinski definition) is 3. The van der Waals surface area contributed by atoms with Gasteiger partial charge in [0.25, 0.3) is 0 Å². The van der Waals surface area contributed by atoms with E-state index in [1.54, 1.807) is 0 Å². The van der Waals surface area contributed by atoms with Crippen LogP contribution in [0.4, 0.5) is 0 Å². The van der Waals surface area contributed by atoms with Crippen LogP contribution in [0.2, 0.25) is 0 Å². The van der Waals surface area contributed by atoms with Gasteiger partial charge in [0, 0.05) is 5.56 Å². The molecule has 0 saturated carbocycles. The predicted molar refractivity (Wildman–Crippen MR) is 53.9 cm³/mol. The SMILES string of the molecule is CC(C)(C)c1cc(O)c(C=O)cc1O. The molecule has 0 fully saturated rings. The van der Waals surface area contributed by atoms with Crippen LogP contribution in [-0.4, -0.2) is 16.5 Å². The molecule has 0 radical (unpaired) electrons. The molecule has 1 aromatic carbocycles. The molecule has 14 heavy (non-hydrogen) atoms. The van der Waals surface area contributed by atoms with Gasteiger partial charge in [-0.1, -0.05) is 20.8 Å². The van der Waals surface area contributed by atoms with E-state index in [9.17, 15) is 15.0 Å². The summed E-state index contributed by atoms with van der Waals surface area (Å²) in [5, 5.41) is 19.0. The molecule has 2 N–H and O–H groups in total. The van der Waals surface area contributed by atoms with Crippen LogP contribution in [0.5, 0.6) is 11.5 Å². The fourth-order valence-electron chi connectivity index (χ4n) is 1.29. The molecule has 0 amide bonds. The van der Waals surface area contributed by atoms with Crippen molar-refractivity contribution in [3.63, 3.8) is 0 Å². The second-order valence-corrected chi connectivity index (χ2v) is 4.30. The lowest BCUT2D eigenvalue weighted by Crippen LogP contribution is -2.11. The second kappa shape index (κ2) is 3.33. The molecule has 0 heterocycles. The van der Waals surface area contributed by atoms with E-state index in [2.05, 4.69) is 0 Å². The van der Waals surface area contributed by atoms with Crippen molar-refractivity contribution >= 4 is 6.29 Å². The predicted octanol–water partition coefficient (Wildman–Crippen LogP) is 2.21. The van der Waals surface area contributed by atoms with Gasteiger partial charge in [0.05, 0.1) is 5.56 Å². The molecular formula is C11H14O3. The largest absolute Gasteiger partial charge is 0.508 e. The Hall–Kier alpha value is -1.51. The van der Waals surface area contributed by atoms with Crippen LogP contribution in [0.25, 0.3) is 0 Å². The lowest BCUT2D eigenvalue weighted by Gasteiger charge is -2.20. The number of rotatable bonds is 1. The zero-order valence-corrected chi connectivity index (χ0v) is 8.53. The fraction of sp³-hybridized carbons (Fsp3) is 0.364. The van der Waals surface area contributed by atoms with Crippen LogP contribution in [0.15, 0.2) is 12.1 Å². The molecule has 0 saturated heterocycles. The maximum Gasteiger partial charge on any atom is 0.153 e. The minimum Gasteiger partial charge on any atom is -0.508 e. The van der Waals surface area contributed by atoms with Crippen molar-refractivity contribution < 1.29 is 15.0 Å². The third-order valence-corrected chi connectivity index (χ3v) is 2.08. The third-order valence-electron chi connectivity index (χ3n) is 2.08. The highest BCUT2D eigenvalue weighted by Crippen LogP contribution is 2.34. The Morgan fingerprint density at radius 2 is 1.71 bits per heavy atom. The number of hydrogen-bond donors (Lipinski definition) is 2. The first-order chi connectivity index (χ1) is 6.36. The average Bonchev–Trinajstić information content (AvgIpc) is 2.06. The monoisotopic (exact) mass is 194 g/mol. The minimum atomic E-state index is -0.261. The van der Waals surface area contributed by atoms with E-state index in [1.807, 2.05) is 20.8 Å². The average molecular weight is 194 g/mol. The summed E-state index contributed by atoms with van der Waals surface area (Å²) in [6.07, 6.45) is 0.515. The van der Waals surface area contributed by atoms with Gasteiger partial charge < -0.3 is 10.2 Å². The Morgan fingerprint density at radius 1 is 1.14 bits per heavy atom. The summed E-state index contributed by atoms with van der Waals surface area (Å²) in [6.45, 7) is 5.76. The van der Waals surface area contributed by atoms with Crippen molar-refractivity contribution in [3.05, 3.63) is 23.3 Å². The number of aromatic hydroxyl groups is 2. The second-order valence-electron chi connectivity index (χ2n) is 4.30. The Bertz CT molecular complexity index is 362. The van der Waals surface area contributed by atoms with Gasteiger partial charge in [-0.15, -0.1) is 0 Å². The summed E-state index contributed by atoms with van der Waals surface area (Å²) in [4.78, 5) is 10.5. The molecular weight excluding hydrogens is 180 g/mol. The van der Waals surface area contributed by atoms with Gasteiger partial charge in [-0.3, -0.25) is 4.79 Å². The fourth-order valence-corrected chi connectivity index (χ4v) is 1.29. The van der Waals surface area contributed by atoms with Crippen molar-refractivity contribution in [2.75, 3.05) is 0 Å². The van der Waals surface area contributed by atoms with Crippen molar-refractivity contribution in [2.24, 2.45) is 0 Å². The van der Waals surface area contributed by atoms with Crippen LogP contribution in [-0.2, 0) is 5.41 Å². The van der Waals surface area contributed by atoms with E-state index in [0.29, 0.717) is 11.8 Å². The van der Waals surface area contributed by atoms with Gasteiger partial charge in [0.15, 0.2) is 6.29 Å². The minimum absolute atomic E-state index is 0.0393. The van der Waals surface area contributed by atoms with Gasteiger partial charge in [-0.05, 0) is 17.5 Å². The molecule has 0 aliphatic carbocycles. The maximum absolute atomic E-state index is 10.5. The lowest BCUT2D eigenvalue weighted by atomic mass is 9.85. The van der Waals surface area contributed by atoms with E-state index < -0.39 is 0 Å². The molecule has 3 nitrogen and oxygen atoms in total. The molecule has 0 aliphatic heterocycles. The Morgan fingerprint density at radius 3 is 2.14 bits per heavy atom. The number of benzene rings is 1. The molecule has 0 aliphatic rings. The van der Waals surface area contributed by atoms with Gasteiger partial charge >= 0.3 is 0 Å². The van der Waals surface area contributed by atoms with E-state index >= 15 is 0 Å². The Labute approximate surface area is 83.0 Å². The highest BCUT2D eigenvalue weighted by molar-refractivity contribution is 5.80. The van der Waals surface area contributed by atoms with Crippen molar-refractivity contribution in [1.29, 1.82) is 0 Å². The zero-order valence-electron chi connectivity index (χ0n) is 8.53. The van der Waals surface area contributed by atoms with E-state index in [4.69, 9.17) is 0 Å². The van der Waals surface area contributed by atoms with E-state index in [1.165, 1.54) is 12.1 Å². The number of phenolic OH excluding ortho intramolecular Hbond substituents is 2. The van der Waals surface area contributed by atoms with Gasteiger partial charge in [-0.25, -0.2) is 0 Å². The first kappa shape index (κ1) is 10.6. The van der Waals surface area contributed by atoms with E-state index in [0.717, 1.165) is 0 Å². The van der Waals surface area contributed by atoms with E-state index in [-0.39, 0.29) is 22.5 Å². The number of phenols is 2. The normalized spacial score (nSPS) is 11.4. The van der Waals surface area contributed by atoms with Gasteiger partial charge in [0.1, 0.15) is 11.5 Å². The molecule has 1 rings (SSSR count). The summed E-state index contributed by atoms with van der Waals surface area (Å²) in [5.74, 6) is -0.0554. The maximum atomic E-state index is 10.5. The molecule has 0 unspecified atom stereocenters. The molecule has 0 spiro atoms. The molecule has 3 heteroatoms. The van der Waals surface area contributed by atoms with Crippen molar-refractivity contribution in [3.8, 4) is 11.5 Å². The highest BCUT2D eigenvalue weighted by atomic mass is 16.3. The summed E-state index contributed by atoms with van der Waals surface area (Å²) < 4.78 is 0.